The van der Waals surface area contributed by atoms with Crippen molar-refractivity contribution < 1.29 is 24.5 Å². The van der Waals surface area contributed by atoms with E-state index in [1.165, 1.54) is 0 Å². The maximum atomic E-state index is 12.1. The van der Waals surface area contributed by atoms with Gasteiger partial charge in [-0.25, -0.2) is 0 Å². The van der Waals surface area contributed by atoms with E-state index in [-0.39, 0.29) is 29.7 Å². The van der Waals surface area contributed by atoms with Crippen LogP contribution in [0.2, 0.25) is 0 Å². The molecular formula is C25H44O5. The SMILES string of the molecule is CCCCCC(=O)CC[C@@H]1[C@@H](CC=CCCCCCC(=O)OC(C)C)[C@@H](O)C[C@H]1O. The minimum absolute atomic E-state index is 0.00625. The highest BCUT2D eigenvalue weighted by molar-refractivity contribution is 5.78. The van der Waals surface area contributed by atoms with Crippen LogP contribution in [0.5, 0.6) is 0 Å². The summed E-state index contributed by atoms with van der Waals surface area (Å²) in [7, 11) is 0. The topological polar surface area (TPSA) is 83.8 Å². The first-order valence-electron chi connectivity index (χ1n) is 12.1. The Labute approximate surface area is 183 Å². The zero-order valence-electron chi connectivity index (χ0n) is 19.4. The Bertz CT molecular complexity index is 514. The van der Waals surface area contributed by atoms with E-state index in [4.69, 9.17) is 4.74 Å². The third-order valence-corrected chi connectivity index (χ3v) is 6.03. The van der Waals surface area contributed by atoms with Crippen molar-refractivity contribution in [3.63, 3.8) is 0 Å². The number of esters is 1. The fourth-order valence-corrected chi connectivity index (χ4v) is 4.33. The zero-order valence-corrected chi connectivity index (χ0v) is 19.4. The molecule has 0 aromatic rings. The molecule has 0 aliphatic heterocycles. The summed E-state index contributed by atoms with van der Waals surface area (Å²) in [6, 6.07) is 0. The van der Waals surface area contributed by atoms with Gasteiger partial charge in [0.2, 0.25) is 0 Å². The van der Waals surface area contributed by atoms with Gasteiger partial charge in [-0.05, 0) is 70.6 Å². The van der Waals surface area contributed by atoms with E-state index >= 15 is 0 Å². The van der Waals surface area contributed by atoms with E-state index in [1.807, 2.05) is 13.8 Å². The first-order chi connectivity index (χ1) is 14.3. The Morgan fingerprint density at radius 1 is 0.933 bits per heavy atom. The largest absolute Gasteiger partial charge is 0.463 e. The van der Waals surface area contributed by atoms with Gasteiger partial charge in [0, 0.05) is 19.3 Å². The van der Waals surface area contributed by atoms with Gasteiger partial charge in [-0.2, -0.15) is 0 Å². The molecule has 0 radical (unpaired) electrons. The van der Waals surface area contributed by atoms with Crippen molar-refractivity contribution in [2.45, 2.75) is 123 Å². The van der Waals surface area contributed by atoms with Crippen LogP contribution in [0.3, 0.4) is 0 Å². The Morgan fingerprint density at radius 2 is 1.63 bits per heavy atom. The van der Waals surface area contributed by atoms with Gasteiger partial charge in [0.05, 0.1) is 18.3 Å². The lowest BCUT2D eigenvalue weighted by Gasteiger charge is -2.22. The van der Waals surface area contributed by atoms with Gasteiger partial charge >= 0.3 is 5.97 Å². The summed E-state index contributed by atoms with van der Waals surface area (Å²) >= 11 is 0. The number of Topliss-reactive ketones (excluding diaryl/α,β-unsaturated/α-hetero) is 1. The van der Waals surface area contributed by atoms with Crippen molar-refractivity contribution in [1.29, 1.82) is 0 Å². The van der Waals surface area contributed by atoms with E-state index in [1.54, 1.807) is 0 Å². The van der Waals surface area contributed by atoms with Gasteiger partial charge < -0.3 is 14.9 Å². The van der Waals surface area contributed by atoms with Crippen LogP contribution in [-0.4, -0.2) is 40.3 Å². The molecule has 5 heteroatoms. The Kier molecular flexibility index (Phi) is 13.9. The molecule has 0 spiro atoms. The lowest BCUT2D eigenvalue weighted by molar-refractivity contribution is -0.147. The second-order valence-electron chi connectivity index (χ2n) is 9.08. The lowest BCUT2D eigenvalue weighted by atomic mass is 9.86. The predicted octanol–water partition coefficient (Wildman–Crippen LogP) is 5.12. The van der Waals surface area contributed by atoms with Crippen LogP contribution in [0.25, 0.3) is 0 Å². The highest BCUT2D eigenvalue weighted by atomic mass is 16.5. The minimum atomic E-state index is -0.507. The zero-order chi connectivity index (χ0) is 22.4. The Hall–Kier alpha value is -1.20. The smallest absolute Gasteiger partial charge is 0.306 e. The maximum Gasteiger partial charge on any atom is 0.306 e. The minimum Gasteiger partial charge on any atom is -0.463 e. The summed E-state index contributed by atoms with van der Waals surface area (Å²) < 4.78 is 5.12. The molecule has 4 atom stereocenters. The molecule has 1 fully saturated rings. The number of carbonyl (C=O) groups is 2. The van der Waals surface area contributed by atoms with Crippen molar-refractivity contribution in [2.75, 3.05) is 0 Å². The van der Waals surface area contributed by atoms with Crippen LogP contribution in [0, 0.1) is 11.8 Å². The van der Waals surface area contributed by atoms with Crippen LogP contribution in [0.4, 0.5) is 0 Å². The monoisotopic (exact) mass is 424 g/mol. The van der Waals surface area contributed by atoms with E-state index in [9.17, 15) is 19.8 Å². The van der Waals surface area contributed by atoms with Crippen LogP contribution < -0.4 is 0 Å². The second-order valence-corrected chi connectivity index (χ2v) is 9.08. The molecule has 2 N–H and O–H groups in total. The molecule has 0 unspecified atom stereocenters. The van der Waals surface area contributed by atoms with Crippen LogP contribution in [0.15, 0.2) is 12.2 Å². The average molecular weight is 425 g/mol. The fraction of sp³-hybridized carbons (Fsp3) is 0.840. The molecule has 0 heterocycles. The molecule has 0 bridgehead atoms. The van der Waals surface area contributed by atoms with E-state index in [2.05, 4.69) is 19.1 Å². The first kappa shape index (κ1) is 26.8. The highest BCUT2D eigenvalue weighted by Gasteiger charge is 2.40. The molecule has 1 aliphatic rings. The molecule has 0 saturated heterocycles. The molecule has 174 valence electrons. The quantitative estimate of drug-likeness (QED) is 0.204. The number of hydrogen-bond acceptors (Lipinski definition) is 5. The molecule has 1 rings (SSSR count). The van der Waals surface area contributed by atoms with Crippen molar-refractivity contribution in [2.24, 2.45) is 11.8 Å². The Morgan fingerprint density at radius 3 is 2.33 bits per heavy atom. The molecule has 0 aromatic heterocycles. The number of aliphatic hydroxyl groups excluding tert-OH is 2. The third-order valence-electron chi connectivity index (χ3n) is 6.03. The normalized spacial score (nSPS) is 24.1. The number of allylic oxidation sites excluding steroid dienone is 2. The number of carbonyl (C=O) groups excluding carboxylic acids is 2. The number of rotatable bonds is 16. The first-order valence-corrected chi connectivity index (χ1v) is 12.1. The van der Waals surface area contributed by atoms with Crippen LogP contribution in [0.1, 0.15) is 104 Å². The van der Waals surface area contributed by atoms with Gasteiger partial charge in [0.15, 0.2) is 0 Å². The number of ether oxygens (including phenoxy) is 1. The lowest BCUT2D eigenvalue weighted by Crippen LogP contribution is -2.22. The number of ketones is 1. The van der Waals surface area contributed by atoms with Crippen molar-refractivity contribution >= 4 is 11.8 Å². The van der Waals surface area contributed by atoms with Gasteiger partial charge in [0.25, 0.3) is 0 Å². The number of hydrogen-bond donors (Lipinski definition) is 2. The average Bonchev–Trinajstić information content (AvgIpc) is 2.94. The van der Waals surface area contributed by atoms with E-state index < -0.39 is 12.2 Å². The van der Waals surface area contributed by atoms with Gasteiger partial charge in [0.1, 0.15) is 5.78 Å². The Balaban J connectivity index is 2.25. The highest BCUT2D eigenvalue weighted by Crippen LogP contribution is 2.38. The third kappa shape index (κ3) is 11.3. The number of unbranched alkanes of at least 4 members (excludes halogenated alkanes) is 5. The van der Waals surface area contributed by atoms with Crippen LogP contribution >= 0.6 is 0 Å². The molecular weight excluding hydrogens is 380 g/mol. The molecule has 1 aliphatic carbocycles. The van der Waals surface area contributed by atoms with E-state index in [0.29, 0.717) is 32.1 Å². The molecule has 30 heavy (non-hydrogen) atoms. The summed E-state index contributed by atoms with van der Waals surface area (Å²) in [4.78, 5) is 23.5. The summed E-state index contributed by atoms with van der Waals surface area (Å²) in [6.45, 7) is 5.85. The number of aliphatic hydroxyl groups is 2. The summed E-state index contributed by atoms with van der Waals surface area (Å²) in [6.07, 6.45) is 13.6. The van der Waals surface area contributed by atoms with Crippen molar-refractivity contribution in [1.82, 2.24) is 0 Å². The van der Waals surface area contributed by atoms with Gasteiger partial charge in [-0.3, -0.25) is 9.59 Å². The van der Waals surface area contributed by atoms with Gasteiger partial charge in [-0.1, -0.05) is 38.3 Å². The van der Waals surface area contributed by atoms with Crippen molar-refractivity contribution in [3.05, 3.63) is 12.2 Å². The summed E-state index contributed by atoms with van der Waals surface area (Å²) in [5, 5.41) is 20.7. The van der Waals surface area contributed by atoms with Crippen LogP contribution in [-0.2, 0) is 14.3 Å². The predicted molar refractivity (Wildman–Crippen MR) is 120 cm³/mol. The summed E-state index contributed by atoms with van der Waals surface area (Å²) in [5.74, 6) is 0.199. The molecule has 0 aromatic carbocycles. The fourth-order valence-electron chi connectivity index (χ4n) is 4.33. The molecule has 5 nitrogen and oxygen atoms in total. The standard InChI is InChI=1S/C25H44O5/c1-4-5-10-13-20(26)16-17-22-21(23(27)18-24(22)28)14-11-8-6-7-9-12-15-25(29)30-19(2)3/h8,11,19,21-24,27-28H,4-7,9-10,12-18H2,1-3H3/t21-,22-,23+,24-/m1/s1. The summed E-state index contributed by atoms with van der Waals surface area (Å²) in [5.41, 5.74) is 0. The molecule has 1 saturated carbocycles. The maximum absolute atomic E-state index is 12.1. The molecule has 0 amide bonds. The van der Waals surface area contributed by atoms with E-state index in [0.717, 1.165) is 51.4 Å². The second kappa shape index (κ2) is 15.6. The van der Waals surface area contributed by atoms with Gasteiger partial charge in [-0.15, -0.1) is 0 Å². The van der Waals surface area contributed by atoms with Crippen molar-refractivity contribution in [3.8, 4) is 0 Å².